The standard InChI is InChI=1S/C9H17NOSi.C6H6NO.In/c1-9(2,3)12(4,5)11-8-6-7-10;1-7-5-3-2-4-6(7)8;/h6-7H,1-5H3;2,4-5H,1H3;/q-1;;+1. The topological polar surface area (TPSA) is 43.6 Å². The van der Waals surface area contributed by atoms with Crippen LogP contribution in [0.15, 0.2) is 35.7 Å². The van der Waals surface area contributed by atoms with Gasteiger partial charge in [0.25, 0.3) is 0 Å². The Morgan fingerprint density at radius 1 is 1.29 bits per heavy atom. The first-order chi connectivity index (χ1) is 9.62. The van der Waals surface area contributed by atoms with E-state index in [0.29, 0.717) is 0 Å². The number of aromatic nitrogens is 1. The summed E-state index contributed by atoms with van der Waals surface area (Å²) < 4.78 is 15.1. The third kappa shape index (κ3) is 3.53. The van der Waals surface area contributed by atoms with E-state index in [1.54, 1.807) is 17.7 Å². The predicted molar refractivity (Wildman–Crippen MR) is 91.9 cm³/mol. The Kier molecular flexibility index (Phi) is 4.59. The first-order valence-corrected chi connectivity index (χ1v) is 14.9. The van der Waals surface area contributed by atoms with Gasteiger partial charge in [0.1, 0.15) is 0 Å². The molecule has 6 heteroatoms. The Morgan fingerprint density at radius 3 is 2.52 bits per heavy atom. The van der Waals surface area contributed by atoms with Gasteiger partial charge in [0, 0.05) is 0 Å². The van der Waals surface area contributed by atoms with Crippen molar-refractivity contribution in [2.75, 3.05) is 0 Å². The molecule has 0 unspecified atom stereocenters. The number of pyridine rings is 1. The Balaban J connectivity index is 2.26. The van der Waals surface area contributed by atoms with Gasteiger partial charge in [-0.05, 0) is 0 Å². The molecule has 0 fully saturated rings. The fourth-order valence-corrected chi connectivity index (χ4v) is 11.7. The van der Waals surface area contributed by atoms with Crippen molar-refractivity contribution in [1.82, 2.24) is 4.57 Å². The molecule has 1 aliphatic rings. The quantitative estimate of drug-likeness (QED) is 0.722. The molecule has 112 valence electrons. The molecule has 0 saturated heterocycles. The monoisotopic (exact) mass is 406 g/mol. The fraction of sp³-hybridized carbons (Fsp3) is 0.467. The fourth-order valence-electron chi connectivity index (χ4n) is 1.93. The Bertz CT molecular complexity index is 656. The number of aryl methyl sites for hydroxylation is 1. The van der Waals surface area contributed by atoms with Crippen LogP contribution in [0, 0.1) is 0 Å². The molecule has 0 aromatic carbocycles. The summed E-state index contributed by atoms with van der Waals surface area (Å²) in [4.78, 5) is 11.5. The average molecular weight is 406 g/mol. The van der Waals surface area contributed by atoms with Crippen LogP contribution in [-0.4, -0.2) is 40.8 Å². The molecule has 4 nitrogen and oxygen atoms in total. The molecule has 0 spiro atoms. The van der Waals surface area contributed by atoms with Gasteiger partial charge in [-0.15, -0.1) is 0 Å². The summed E-state index contributed by atoms with van der Waals surface area (Å²) in [5.41, 5.74) is 0.0165. The molecule has 0 aliphatic carbocycles. The van der Waals surface area contributed by atoms with Gasteiger partial charge in [-0.25, -0.2) is 0 Å². The zero-order valence-corrected chi connectivity index (χ0v) is 18.0. The number of hydrogen-bond donors (Lipinski definition) is 0. The van der Waals surface area contributed by atoms with Crippen LogP contribution in [0.2, 0.25) is 18.1 Å². The van der Waals surface area contributed by atoms with Gasteiger partial charge in [0.05, 0.1) is 0 Å². The van der Waals surface area contributed by atoms with Crippen LogP contribution >= 0.6 is 0 Å². The zero-order chi connectivity index (χ0) is 15.8. The molecular weight excluding hydrogens is 383 g/mol. The normalized spacial score (nSPS) is 15.3. The Labute approximate surface area is 135 Å². The molecule has 0 amide bonds. The molecule has 1 aliphatic heterocycles. The van der Waals surface area contributed by atoms with E-state index in [2.05, 4.69) is 33.9 Å². The third-order valence-electron chi connectivity index (χ3n) is 4.35. The number of hydrogen-bond acceptors (Lipinski definition) is 3. The molecule has 0 bridgehead atoms. The van der Waals surface area contributed by atoms with Gasteiger partial charge in [0.2, 0.25) is 0 Å². The van der Waals surface area contributed by atoms with Crippen LogP contribution in [-0.2, 0) is 11.5 Å². The summed E-state index contributed by atoms with van der Waals surface area (Å²) in [5, 5.41) is 0.177. The van der Waals surface area contributed by atoms with Crippen LogP contribution in [0.25, 0.3) is 0 Å². The van der Waals surface area contributed by atoms with Crippen LogP contribution < -0.4 is 8.88 Å². The summed E-state index contributed by atoms with van der Waals surface area (Å²) >= 11 is -2.49. The summed E-state index contributed by atoms with van der Waals surface area (Å²) in [6, 6.07) is 3.55. The van der Waals surface area contributed by atoms with Crippen LogP contribution in [0.1, 0.15) is 20.8 Å². The molecule has 2 heterocycles. The van der Waals surface area contributed by atoms with Crippen molar-refractivity contribution in [2.45, 2.75) is 38.9 Å². The van der Waals surface area contributed by atoms with Crippen molar-refractivity contribution in [3.63, 3.8) is 0 Å². The molecule has 21 heavy (non-hydrogen) atoms. The van der Waals surface area contributed by atoms with Gasteiger partial charge in [-0.1, -0.05) is 0 Å². The molecule has 0 saturated carbocycles. The van der Waals surface area contributed by atoms with Gasteiger partial charge in [-0.3, -0.25) is 0 Å². The first kappa shape index (κ1) is 16.6. The molecule has 0 atom stereocenters. The van der Waals surface area contributed by atoms with E-state index in [1.807, 2.05) is 24.6 Å². The summed E-state index contributed by atoms with van der Waals surface area (Å²) in [6.45, 7) is 11.2. The van der Waals surface area contributed by atoms with Gasteiger partial charge < -0.3 is 0 Å². The predicted octanol–water partition coefficient (Wildman–Crippen LogP) is 2.11. The van der Waals surface area contributed by atoms with Gasteiger partial charge in [0.15, 0.2) is 0 Å². The van der Waals surface area contributed by atoms with E-state index < -0.39 is 30.0 Å². The second-order valence-electron chi connectivity index (χ2n) is 7.04. The zero-order valence-electron chi connectivity index (χ0n) is 13.7. The Hall–Kier alpha value is -0.753. The molecule has 1 aromatic heterocycles. The van der Waals surface area contributed by atoms with Crippen molar-refractivity contribution >= 4 is 39.6 Å². The van der Waals surface area contributed by atoms with Crippen molar-refractivity contribution < 1.29 is 4.43 Å². The number of nitrogens with zero attached hydrogens (tertiary/aromatic N) is 2. The minimum absolute atomic E-state index is 0.0165. The van der Waals surface area contributed by atoms with Crippen LogP contribution in [0.3, 0.4) is 0 Å². The molecule has 1 aromatic rings. The minimum atomic E-state index is -2.49. The van der Waals surface area contributed by atoms with Crippen LogP contribution in [0.5, 0.6) is 0 Å². The van der Waals surface area contributed by atoms with E-state index in [9.17, 15) is 4.79 Å². The third-order valence-corrected chi connectivity index (χ3v) is 15.9. The van der Waals surface area contributed by atoms with E-state index in [-0.39, 0.29) is 10.6 Å². The molecule has 2 rings (SSSR count). The van der Waals surface area contributed by atoms with E-state index >= 15 is 0 Å². The maximum absolute atomic E-state index is 11.5. The summed E-state index contributed by atoms with van der Waals surface area (Å²) in [7, 11) is -0.0473. The number of rotatable bonds is 3. The van der Waals surface area contributed by atoms with Crippen molar-refractivity contribution in [2.24, 2.45) is 10.0 Å². The van der Waals surface area contributed by atoms with Crippen molar-refractivity contribution in [3.8, 4) is 0 Å². The first-order valence-electron chi connectivity index (χ1n) is 7.21. The van der Waals surface area contributed by atoms with Crippen LogP contribution in [0.4, 0.5) is 0 Å². The number of allylic oxidation sites excluding steroid dienone is 1. The van der Waals surface area contributed by atoms with E-state index in [1.165, 1.54) is 3.32 Å². The summed E-state index contributed by atoms with van der Waals surface area (Å²) in [6.07, 6.45) is 5.84. The van der Waals surface area contributed by atoms with E-state index in [4.69, 9.17) is 7.41 Å². The van der Waals surface area contributed by atoms with Gasteiger partial charge in [-0.2, -0.15) is 0 Å². The second kappa shape index (κ2) is 5.80. The summed E-state index contributed by atoms with van der Waals surface area (Å²) in [5.74, 6) is 0. The maximum atomic E-state index is 11.5. The van der Waals surface area contributed by atoms with Crippen molar-refractivity contribution in [3.05, 3.63) is 38.3 Å². The second-order valence-corrected chi connectivity index (χ2v) is 18.4. The van der Waals surface area contributed by atoms with E-state index in [0.717, 1.165) is 3.52 Å². The van der Waals surface area contributed by atoms with Crippen molar-refractivity contribution in [1.29, 1.82) is 0 Å². The average Bonchev–Trinajstić information content (AvgIpc) is 2.78. The molecule has 0 N–H and O–H groups in total. The molecule has 0 radical (unpaired) electrons. The molecular formula is C15H23InN2O2Si. The van der Waals surface area contributed by atoms with Gasteiger partial charge >= 0.3 is 136 Å². The Morgan fingerprint density at radius 2 is 1.95 bits per heavy atom. The SMILES string of the molecule is Cn1c[c]([In]2[N]=CC=[C]2O[Si](C)(C)C(C)(C)C)ccc1=O.